The van der Waals surface area contributed by atoms with Gasteiger partial charge in [0.2, 0.25) is 0 Å². The lowest BCUT2D eigenvalue weighted by Crippen LogP contribution is -2.28. The van der Waals surface area contributed by atoms with E-state index in [1.54, 1.807) is 18.3 Å². The lowest BCUT2D eigenvalue weighted by Gasteiger charge is -2.14. The Kier molecular flexibility index (Phi) is 5.28. The van der Waals surface area contributed by atoms with Crippen molar-refractivity contribution in [2.45, 2.75) is 32.9 Å². The second-order valence-electron chi connectivity index (χ2n) is 5.78. The van der Waals surface area contributed by atoms with Crippen LogP contribution in [0.15, 0.2) is 30.5 Å². The summed E-state index contributed by atoms with van der Waals surface area (Å²) >= 11 is 5.94. The molecule has 1 aliphatic rings. The molecule has 0 fully saturated rings. The lowest BCUT2D eigenvalue weighted by atomic mass is 10.1. The minimum Gasteiger partial charge on any atom is -0.494 e. The van der Waals surface area contributed by atoms with E-state index in [2.05, 4.69) is 15.6 Å². The van der Waals surface area contributed by atoms with E-state index in [4.69, 9.17) is 21.1 Å². The SMILES string of the molecule is CCOc1cc2c(cc1CNC(=O)Nc1cccnc1Cl)OC(C)C2. The highest BCUT2D eigenvalue weighted by Crippen LogP contribution is 2.35. The van der Waals surface area contributed by atoms with Gasteiger partial charge in [0, 0.05) is 30.3 Å². The van der Waals surface area contributed by atoms with Gasteiger partial charge in [0.25, 0.3) is 0 Å². The van der Waals surface area contributed by atoms with Crippen LogP contribution in [0.4, 0.5) is 10.5 Å². The largest absolute Gasteiger partial charge is 0.494 e. The van der Waals surface area contributed by atoms with Crippen molar-refractivity contribution in [3.05, 3.63) is 46.7 Å². The number of urea groups is 1. The number of hydrogen-bond acceptors (Lipinski definition) is 4. The van der Waals surface area contributed by atoms with Gasteiger partial charge in [-0.15, -0.1) is 0 Å². The Morgan fingerprint density at radius 2 is 2.32 bits per heavy atom. The number of fused-ring (bicyclic) bond motifs is 1. The lowest BCUT2D eigenvalue weighted by molar-refractivity contribution is 0.250. The number of halogens is 1. The fourth-order valence-corrected chi connectivity index (χ4v) is 2.90. The topological polar surface area (TPSA) is 72.5 Å². The molecular formula is C18H20ClN3O3. The number of anilines is 1. The molecule has 7 heteroatoms. The molecule has 1 aromatic heterocycles. The highest BCUT2D eigenvalue weighted by atomic mass is 35.5. The maximum atomic E-state index is 12.1. The van der Waals surface area contributed by atoms with Gasteiger partial charge in [0.05, 0.1) is 12.3 Å². The second-order valence-corrected chi connectivity index (χ2v) is 6.14. The van der Waals surface area contributed by atoms with E-state index < -0.39 is 0 Å². The number of pyridine rings is 1. The van der Waals surface area contributed by atoms with Gasteiger partial charge in [-0.2, -0.15) is 0 Å². The van der Waals surface area contributed by atoms with Gasteiger partial charge < -0.3 is 20.1 Å². The summed E-state index contributed by atoms with van der Waals surface area (Å²) in [5.41, 5.74) is 2.45. The fraction of sp³-hybridized carbons (Fsp3) is 0.333. The smallest absolute Gasteiger partial charge is 0.319 e. The summed E-state index contributed by atoms with van der Waals surface area (Å²) in [6, 6.07) is 6.95. The first-order chi connectivity index (χ1) is 12.1. The number of benzene rings is 1. The third kappa shape index (κ3) is 4.14. The van der Waals surface area contributed by atoms with Crippen LogP contribution in [-0.4, -0.2) is 23.7 Å². The van der Waals surface area contributed by atoms with Gasteiger partial charge in [0.1, 0.15) is 17.6 Å². The minimum atomic E-state index is -0.368. The van der Waals surface area contributed by atoms with E-state index in [1.807, 2.05) is 26.0 Å². The van der Waals surface area contributed by atoms with Crippen molar-refractivity contribution in [3.63, 3.8) is 0 Å². The summed E-state index contributed by atoms with van der Waals surface area (Å²) < 4.78 is 11.5. The number of hydrogen-bond donors (Lipinski definition) is 2. The molecule has 0 radical (unpaired) electrons. The third-order valence-electron chi connectivity index (χ3n) is 3.83. The van der Waals surface area contributed by atoms with Crippen molar-refractivity contribution in [2.24, 2.45) is 0 Å². The van der Waals surface area contributed by atoms with E-state index in [1.165, 1.54) is 0 Å². The summed E-state index contributed by atoms with van der Waals surface area (Å²) in [6.45, 7) is 4.83. The van der Waals surface area contributed by atoms with Gasteiger partial charge in [-0.05, 0) is 38.1 Å². The molecule has 1 aromatic carbocycles. The predicted molar refractivity (Wildman–Crippen MR) is 96.5 cm³/mol. The van der Waals surface area contributed by atoms with Crippen LogP contribution in [-0.2, 0) is 13.0 Å². The molecular weight excluding hydrogens is 342 g/mol. The van der Waals surface area contributed by atoms with Crippen molar-refractivity contribution in [2.75, 3.05) is 11.9 Å². The molecule has 1 unspecified atom stereocenters. The van der Waals surface area contributed by atoms with Crippen LogP contribution in [0.5, 0.6) is 11.5 Å². The van der Waals surface area contributed by atoms with Crippen LogP contribution >= 0.6 is 11.6 Å². The van der Waals surface area contributed by atoms with Crippen molar-refractivity contribution in [1.29, 1.82) is 0 Å². The van der Waals surface area contributed by atoms with E-state index >= 15 is 0 Å². The van der Waals surface area contributed by atoms with Crippen LogP contribution in [0.25, 0.3) is 0 Å². The number of nitrogens with one attached hydrogen (secondary N) is 2. The van der Waals surface area contributed by atoms with Crippen LogP contribution in [0.2, 0.25) is 5.15 Å². The molecule has 1 aliphatic heterocycles. The minimum absolute atomic E-state index is 0.156. The molecule has 0 saturated carbocycles. The number of nitrogens with zero attached hydrogens (tertiary/aromatic N) is 1. The van der Waals surface area contributed by atoms with E-state index in [0.717, 1.165) is 29.0 Å². The summed E-state index contributed by atoms with van der Waals surface area (Å²) in [7, 11) is 0. The second kappa shape index (κ2) is 7.61. The van der Waals surface area contributed by atoms with E-state index in [0.29, 0.717) is 18.8 Å². The van der Waals surface area contributed by atoms with Gasteiger partial charge >= 0.3 is 6.03 Å². The highest BCUT2D eigenvalue weighted by Gasteiger charge is 2.22. The fourth-order valence-electron chi connectivity index (χ4n) is 2.73. The maximum absolute atomic E-state index is 12.1. The molecule has 2 heterocycles. The first-order valence-electron chi connectivity index (χ1n) is 8.17. The Bertz CT molecular complexity index is 782. The predicted octanol–water partition coefficient (Wildman–Crippen LogP) is 3.78. The zero-order valence-electron chi connectivity index (χ0n) is 14.1. The van der Waals surface area contributed by atoms with Crippen molar-refractivity contribution in [3.8, 4) is 11.5 Å². The monoisotopic (exact) mass is 361 g/mol. The quantitative estimate of drug-likeness (QED) is 0.795. The first-order valence-corrected chi connectivity index (χ1v) is 8.55. The summed E-state index contributed by atoms with van der Waals surface area (Å²) in [4.78, 5) is 16.0. The molecule has 2 amide bonds. The summed E-state index contributed by atoms with van der Waals surface area (Å²) in [5, 5.41) is 5.72. The van der Waals surface area contributed by atoms with Crippen molar-refractivity contribution < 1.29 is 14.3 Å². The van der Waals surface area contributed by atoms with E-state index in [-0.39, 0.29) is 17.3 Å². The van der Waals surface area contributed by atoms with Crippen LogP contribution in [0.3, 0.4) is 0 Å². The molecule has 2 N–H and O–H groups in total. The molecule has 25 heavy (non-hydrogen) atoms. The standard InChI is InChI=1S/C18H20ClN3O3/c1-3-24-15-8-12-7-11(2)25-16(12)9-13(15)10-21-18(23)22-14-5-4-6-20-17(14)19/h4-6,8-9,11H,3,7,10H2,1-2H3,(H2,21,22,23). The number of carbonyl (C=O) groups excluding carboxylic acids is 1. The number of ether oxygens (including phenoxy) is 2. The molecule has 1 atom stereocenters. The molecule has 132 valence electrons. The van der Waals surface area contributed by atoms with Crippen LogP contribution in [0.1, 0.15) is 25.0 Å². The molecule has 0 aliphatic carbocycles. The zero-order valence-corrected chi connectivity index (χ0v) is 14.9. The summed E-state index contributed by atoms with van der Waals surface area (Å²) in [6.07, 6.45) is 2.58. The Hall–Kier alpha value is -2.47. The molecule has 0 spiro atoms. The average Bonchev–Trinajstić information content (AvgIpc) is 2.94. The van der Waals surface area contributed by atoms with Gasteiger partial charge in [0.15, 0.2) is 5.15 Å². The zero-order chi connectivity index (χ0) is 17.8. The van der Waals surface area contributed by atoms with Gasteiger partial charge in [-0.3, -0.25) is 0 Å². The van der Waals surface area contributed by atoms with Crippen LogP contribution in [0, 0.1) is 0 Å². The molecule has 6 nitrogen and oxygen atoms in total. The number of carbonyl (C=O) groups is 1. The molecule has 0 bridgehead atoms. The first kappa shape index (κ1) is 17.4. The molecule has 3 rings (SSSR count). The average molecular weight is 362 g/mol. The van der Waals surface area contributed by atoms with Gasteiger partial charge in [-0.25, -0.2) is 9.78 Å². The number of amides is 2. The normalized spacial score (nSPS) is 15.2. The third-order valence-corrected chi connectivity index (χ3v) is 4.13. The Morgan fingerprint density at radius 1 is 1.48 bits per heavy atom. The number of rotatable bonds is 5. The Morgan fingerprint density at radius 3 is 3.08 bits per heavy atom. The van der Waals surface area contributed by atoms with Gasteiger partial charge in [-0.1, -0.05) is 11.6 Å². The maximum Gasteiger partial charge on any atom is 0.319 e. The van der Waals surface area contributed by atoms with E-state index in [9.17, 15) is 4.79 Å². The summed E-state index contributed by atoms with van der Waals surface area (Å²) in [5.74, 6) is 1.61. The van der Waals surface area contributed by atoms with Crippen molar-refractivity contribution >= 4 is 23.3 Å². The molecule has 2 aromatic rings. The van der Waals surface area contributed by atoms with Crippen LogP contribution < -0.4 is 20.1 Å². The Labute approximate surface area is 151 Å². The number of aromatic nitrogens is 1. The Balaban J connectivity index is 1.69. The molecule has 0 saturated heterocycles. The highest BCUT2D eigenvalue weighted by molar-refractivity contribution is 6.32. The van der Waals surface area contributed by atoms with Crippen molar-refractivity contribution in [1.82, 2.24) is 10.3 Å².